The van der Waals surface area contributed by atoms with Crippen molar-refractivity contribution in [3.8, 4) is 0 Å². The summed E-state index contributed by atoms with van der Waals surface area (Å²) in [5, 5.41) is 20.4. The molecule has 3 unspecified atom stereocenters. The van der Waals surface area contributed by atoms with Gasteiger partial charge in [0.25, 0.3) is 0 Å². The summed E-state index contributed by atoms with van der Waals surface area (Å²) in [7, 11) is 0. The molecule has 0 radical (unpaired) electrons. The van der Waals surface area contributed by atoms with Gasteiger partial charge in [0.2, 0.25) is 5.91 Å². The molecule has 0 saturated heterocycles. The minimum absolute atomic E-state index is 0.194. The van der Waals surface area contributed by atoms with Crippen LogP contribution in [-0.4, -0.2) is 40.5 Å². The first-order chi connectivity index (χ1) is 9.21. The van der Waals surface area contributed by atoms with Crippen molar-refractivity contribution in [3.05, 3.63) is 35.9 Å². The SMILES string of the molecule is CC(O)C(=O)NC(Cc1ccccc1)C(O)C(F)(F)F. The number of rotatable bonds is 5. The van der Waals surface area contributed by atoms with Crippen LogP contribution in [0.3, 0.4) is 0 Å². The molecule has 0 fully saturated rings. The number of hydrogen-bond acceptors (Lipinski definition) is 3. The van der Waals surface area contributed by atoms with Crippen LogP contribution in [0.25, 0.3) is 0 Å². The quantitative estimate of drug-likeness (QED) is 0.758. The predicted molar refractivity (Wildman–Crippen MR) is 65.8 cm³/mol. The molecule has 1 aromatic carbocycles. The molecule has 0 heterocycles. The van der Waals surface area contributed by atoms with E-state index in [1.165, 1.54) is 0 Å². The van der Waals surface area contributed by atoms with Crippen molar-refractivity contribution in [2.75, 3.05) is 0 Å². The maximum Gasteiger partial charge on any atom is 0.416 e. The number of halogens is 3. The second kappa shape index (κ2) is 6.71. The Morgan fingerprint density at radius 1 is 1.25 bits per heavy atom. The number of aliphatic hydroxyl groups is 2. The molecule has 0 aromatic heterocycles. The molecule has 1 amide bonds. The lowest BCUT2D eigenvalue weighted by Crippen LogP contribution is -2.53. The Balaban J connectivity index is 2.87. The van der Waals surface area contributed by atoms with Crippen LogP contribution < -0.4 is 5.32 Å². The van der Waals surface area contributed by atoms with Crippen molar-refractivity contribution >= 4 is 5.91 Å². The number of amides is 1. The summed E-state index contributed by atoms with van der Waals surface area (Å²) in [6.07, 6.45) is -9.20. The van der Waals surface area contributed by atoms with Crippen LogP contribution in [0.2, 0.25) is 0 Å². The fraction of sp³-hybridized carbons (Fsp3) is 0.462. The maximum atomic E-state index is 12.6. The number of aliphatic hydroxyl groups excluding tert-OH is 2. The summed E-state index contributed by atoms with van der Waals surface area (Å²) >= 11 is 0. The Morgan fingerprint density at radius 2 is 1.80 bits per heavy atom. The Kier molecular flexibility index (Phi) is 5.52. The highest BCUT2D eigenvalue weighted by atomic mass is 19.4. The van der Waals surface area contributed by atoms with Gasteiger partial charge in [-0.25, -0.2) is 0 Å². The first-order valence-electron chi connectivity index (χ1n) is 5.99. The van der Waals surface area contributed by atoms with E-state index in [4.69, 9.17) is 5.11 Å². The van der Waals surface area contributed by atoms with Crippen molar-refractivity contribution in [3.63, 3.8) is 0 Å². The summed E-state index contributed by atoms with van der Waals surface area (Å²) < 4.78 is 37.8. The van der Waals surface area contributed by atoms with E-state index in [1.807, 2.05) is 5.32 Å². The summed E-state index contributed by atoms with van der Waals surface area (Å²) in [6.45, 7) is 1.13. The largest absolute Gasteiger partial charge is 0.416 e. The molecular weight excluding hydrogens is 275 g/mol. The molecule has 0 bridgehead atoms. The molecule has 0 aliphatic rings. The van der Waals surface area contributed by atoms with Crippen molar-refractivity contribution in [1.29, 1.82) is 0 Å². The Labute approximate surface area is 114 Å². The zero-order chi connectivity index (χ0) is 15.3. The molecule has 112 valence electrons. The topological polar surface area (TPSA) is 69.6 Å². The average molecular weight is 291 g/mol. The summed E-state index contributed by atoms with van der Waals surface area (Å²) in [5.74, 6) is -0.964. The van der Waals surface area contributed by atoms with Gasteiger partial charge in [-0.2, -0.15) is 13.2 Å². The summed E-state index contributed by atoms with van der Waals surface area (Å²) in [4.78, 5) is 11.3. The highest BCUT2D eigenvalue weighted by Crippen LogP contribution is 2.24. The van der Waals surface area contributed by atoms with E-state index in [9.17, 15) is 23.1 Å². The highest BCUT2D eigenvalue weighted by Gasteiger charge is 2.44. The van der Waals surface area contributed by atoms with Crippen LogP contribution in [0.5, 0.6) is 0 Å². The van der Waals surface area contributed by atoms with Gasteiger partial charge < -0.3 is 15.5 Å². The van der Waals surface area contributed by atoms with Crippen molar-refractivity contribution in [1.82, 2.24) is 5.32 Å². The molecule has 0 saturated carbocycles. The second-order valence-corrected chi connectivity index (χ2v) is 4.47. The molecular formula is C13H16F3NO3. The number of benzene rings is 1. The van der Waals surface area contributed by atoms with Crippen LogP contribution in [0.1, 0.15) is 12.5 Å². The van der Waals surface area contributed by atoms with E-state index >= 15 is 0 Å². The molecule has 0 spiro atoms. The Morgan fingerprint density at radius 3 is 2.25 bits per heavy atom. The number of hydrogen-bond donors (Lipinski definition) is 3. The van der Waals surface area contributed by atoms with Crippen LogP contribution in [0.4, 0.5) is 13.2 Å². The minimum atomic E-state index is -4.86. The Bertz CT molecular complexity index is 434. The zero-order valence-electron chi connectivity index (χ0n) is 10.8. The highest BCUT2D eigenvalue weighted by molar-refractivity contribution is 5.80. The third kappa shape index (κ3) is 4.82. The summed E-state index contributed by atoms with van der Waals surface area (Å²) in [6, 6.07) is 6.60. The average Bonchev–Trinajstić information content (AvgIpc) is 2.37. The molecule has 7 heteroatoms. The van der Waals surface area contributed by atoms with Gasteiger partial charge >= 0.3 is 6.18 Å². The molecule has 3 atom stereocenters. The van der Waals surface area contributed by atoms with Gasteiger partial charge in [-0.15, -0.1) is 0 Å². The number of carbonyl (C=O) groups is 1. The second-order valence-electron chi connectivity index (χ2n) is 4.47. The standard InChI is InChI=1S/C13H16F3NO3/c1-8(18)12(20)17-10(11(19)13(14,15)16)7-9-5-3-2-4-6-9/h2-6,8,10-11,18-19H,7H2,1H3,(H,17,20). The predicted octanol–water partition coefficient (Wildman–Crippen LogP) is 1.02. The fourth-order valence-corrected chi connectivity index (χ4v) is 1.64. The minimum Gasteiger partial charge on any atom is -0.384 e. The van der Waals surface area contributed by atoms with Crippen molar-refractivity contribution in [2.24, 2.45) is 0 Å². The molecule has 20 heavy (non-hydrogen) atoms. The van der Waals surface area contributed by atoms with Gasteiger partial charge in [-0.1, -0.05) is 30.3 Å². The van der Waals surface area contributed by atoms with Gasteiger partial charge in [0.15, 0.2) is 6.10 Å². The van der Waals surface area contributed by atoms with Gasteiger partial charge in [0, 0.05) is 0 Å². The molecule has 1 aromatic rings. The van der Waals surface area contributed by atoms with Gasteiger partial charge in [0.1, 0.15) is 6.10 Å². The normalized spacial score (nSPS) is 16.3. The zero-order valence-corrected chi connectivity index (χ0v) is 10.8. The van der Waals surface area contributed by atoms with Crippen molar-refractivity contribution in [2.45, 2.75) is 37.8 Å². The van der Waals surface area contributed by atoms with Gasteiger partial charge in [-0.05, 0) is 18.9 Å². The van der Waals surface area contributed by atoms with Crippen LogP contribution in [-0.2, 0) is 11.2 Å². The lowest BCUT2D eigenvalue weighted by atomic mass is 10.0. The first-order valence-corrected chi connectivity index (χ1v) is 5.99. The smallest absolute Gasteiger partial charge is 0.384 e. The van der Waals surface area contributed by atoms with Crippen LogP contribution >= 0.6 is 0 Å². The Hall–Kier alpha value is -1.60. The summed E-state index contributed by atoms with van der Waals surface area (Å²) in [5.41, 5.74) is 0.534. The van der Waals surface area contributed by atoms with E-state index < -0.39 is 30.3 Å². The van der Waals surface area contributed by atoms with E-state index in [-0.39, 0.29) is 6.42 Å². The monoisotopic (exact) mass is 291 g/mol. The molecule has 4 nitrogen and oxygen atoms in total. The van der Waals surface area contributed by atoms with Crippen LogP contribution in [0.15, 0.2) is 30.3 Å². The first kappa shape index (κ1) is 16.5. The lowest BCUT2D eigenvalue weighted by Gasteiger charge is -2.26. The fourth-order valence-electron chi connectivity index (χ4n) is 1.64. The molecule has 0 aliphatic carbocycles. The number of carbonyl (C=O) groups excluding carboxylic acids is 1. The third-order valence-corrected chi connectivity index (χ3v) is 2.72. The molecule has 0 aliphatic heterocycles. The van der Waals surface area contributed by atoms with E-state index in [0.29, 0.717) is 5.56 Å². The van der Waals surface area contributed by atoms with E-state index in [0.717, 1.165) is 6.92 Å². The van der Waals surface area contributed by atoms with Crippen LogP contribution in [0, 0.1) is 0 Å². The molecule has 3 N–H and O–H groups in total. The van der Waals surface area contributed by atoms with Gasteiger partial charge in [0.05, 0.1) is 6.04 Å². The maximum absolute atomic E-state index is 12.6. The molecule has 1 rings (SSSR count). The lowest BCUT2D eigenvalue weighted by molar-refractivity contribution is -0.212. The van der Waals surface area contributed by atoms with Crippen molar-refractivity contribution < 1.29 is 28.2 Å². The van der Waals surface area contributed by atoms with E-state index in [2.05, 4.69) is 0 Å². The van der Waals surface area contributed by atoms with Gasteiger partial charge in [-0.3, -0.25) is 4.79 Å². The number of nitrogens with one attached hydrogen (secondary N) is 1. The number of alkyl halides is 3. The third-order valence-electron chi connectivity index (χ3n) is 2.72. The van der Waals surface area contributed by atoms with E-state index in [1.54, 1.807) is 30.3 Å².